The summed E-state index contributed by atoms with van der Waals surface area (Å²) in [5.41, 5.74) is 7.56. The monoisotopic (exact) mass is 315 g/mol. The van der Waals surface area contributed by atoms with E-state index < -0.39 is 0 Å². The van der Waals surface area contributed by atoms with E-state index in [1.54, 1.807) is 18.3 Å². The van der Waals surface area contributed by atoms with Gasteiger partial charge < -0.3 is 5.73 Å². The van der Waals surface area contributed by atoms with Crippen LogP contribution in [-0.4, -0.2) is 21.1 Å². The number of aromatic nitrogens is 2. The number of primary amides is 1. The molecule has 1 unspecified atom stereocenters. The first-order valence-electron chi connectivity index (χ1n) is 6.40. The Labute approximate surface area is 130 Å². The third-order valence-electron chi connectivity index (χ3n) is 3.11. The predicted octanol–water partition coefficient (Wildman–Crippen LogP) is 3.32. The highest BCUT2D eigenvalue weighted by Gasteiger charge is 2.17. The number of nitrogens with zero attached hydrogens (tertiary/aromatic N) is 2. The van der Waals surface area contributed by atoms with Gasteiger partial charge in [0.1, 0.15) is 16.2 Å². The molecule has 0 fully saturated rings. The van der Waals surface area contributed by atoms with Crippen molar-refractivity contribution in [2.24, 2.45) is 5.73 Å². The van der Waals surface area contributed by atoms with Gasteiger partial charge in [-0.3, -0.25) is 4.79 Å². The summed E-state index contributed by atoms with van der Waals surface area (Å²) >= 11 is 2.95. The molecule has 2 aromatic heterocycles. The van der Waals surface area contributed by atoms with E-state index >= 15 is 0 Å². The summed E-state index contributed by atoms with van der Waals surface area (Å²) in [7, 11) is 0. The fourth-order valence-electron chi connectivity index (χ4n) is 1.99. The minimum atomic E-state index is -0.344. The van der Waals surface area contributed by atoms with Gasteiger partial charge in [0, 0.05) is 10.9 Å². The molecular formula is C15H13N3OS2. The van der Waals surface area contributed by atoms with Crippen molar-refractivity contribution in [3.8, 4) is 11.1 Å². The highest BCUT2D eigenvalue weighted by atomic mass is 32.2. The zero-order chi connectivity index (χ0) is 14.8. The first-order chi connectivity index (χ1) is 10.2. The van der Waals surface area contributed by atoms with Crippen molar-refractivity contribution in [1.82, 2.24) is 9.97 Å². The van der Waals surface area contributed by atoms with Crippen molar-refractivity contribution in [1.29, 1.82) is 0 Å². The summed E-state index contributed by atoms with van der Waals surface area (Å²) in [5, 5.41) is 3.54. The van der Waals surface area contributed by atoms with E-state index in [9.17, 15) is 4.79 Å². The van der Waals surface area contributed by atoms with Gasteiger partial charge in [-0.25, -0.2) is 9.97 Å². The molecule has 6 heteroatoms. The van der Waals surface area contributed by atoms with Crippen LogP contribution in [0.4, 0.5) is 0 Å². The van der Waals surface area contributed by atoms with Crippen LogP contribution in [0.25, 0.3) is 21.3 Å². The van der Waals surface area contributed by atoms with Crippen LogP contribution in [0.2, 0.25) is 0 Å². The Bertz CT molecular complexity index is 786. The van der Waals surface area contributed by atoms with Gasteiger partial charge in [-0.15, -0.1) is 11.3 Å². The Morgan fingerprint density at radius 3 is 2.76 bits per heavy atom. The van der Waals surface area contributed by atoms with E-state index in [0.717, 1.165) is 26.4 Å². The molecule has 0 aliphatic rings. The molecule has 0 bridgehead atoms. The maximum Gasteiger partial charge on any atom is 0.230 e. The smallest absolute Gasteiger partial charge is 0.230 e. The normalized spacial score (nSPS) is 12.4. The van der Waals surface area contributed by atoms with Crippen LogP contribution < -0.4 is 5.73 Å². The zero-order valence-electron chi connectivity index (χ0n) is 11.3. The SMILES string of the molecule is CC(Sc1ncnc2scc(-c3ccccc3)c12)C(N)=O. The molecule has 1 atom stereocenters. The lowest BCUT2D eigenvalue weighted by Crippen LogP contribution is -2.22. The number of hydrogen-bond acceptors (Lipinski definition) is 5. The highest BCUT2D eigenvalue weighted by molar-refractivity contribution is 8.00. The van der Waals surface area contributed by atoms with Gasteiger partial charge in [0.25, 0.3) is 0 Å². The molecule has 1 aromatic carbocycles. The van der Waals surface area contributed by atoms with Crippen LogP contribution in [0, 0.1) is 0 Å². The molecule has 21 heavy (non-hydrogen) atoms. The average Bonchev–Trinajstić information content (AvgIpc) is 2.93. The summed E-state index contributed by atoms with van der Waals surface area (Å²) in [6.45, 7) is 1.79. The Morgan fingerprint density at radius 1 is 1.29 bits per heavy atom. The van der Waals surface area contributed by atoms with E-state index in [0.29, 0.717) is 0 Å². The van der Waals surface area contributed by atoms with Gasteiger partial charge in [-0.05, 0) is 12.5 Å². The van der Waals surface area contributed by atoms with Crippen LogP contribution in [0.5, 0.6) is 0 Å². The maximum absolute atomic E-state index is 11.3. The van der Waals surface area contributed by atoms with Crippen LogP contribution in [0.1, 0.15) is 6.92 Å². The maximum atomic E-state index is 11.3. The predicted molar refractivity (Wildman–Crippen MR) is 87.4 cm³/mol. The second-order valence-electron chi connectivity index (χ2n) is 4.54. The van der Waals surface area contributed by atoms with E-state index in [4.69, 9.17) is 5.73 Å². The second-order valence-corrected chi connectivity index (χ2v) is 6.72. The van der Waals surface area contributed by atoms with Gasteiger partial charge in [-0.2, -0.15) is 0 Å². The Morgan fingerprint density at radius 2 is 2.05 bits per heavy atom. The summed E-state index contributed by atoms with van der Waals surface area (Å²) in [4.78, 5) is 20.9. The van der Waals surface area contributed by atoms with Crippen molar-refractivity contribution in [2.45, 2.75) is 17.2 Å². The number of benzene rings is 1. The Balaban J connectivity index is 2.13. The largest absolute Gasteiger partial charge is 0.369 e. The molecular weight excluding hydrogens is 302 g/mol. The number of nitrogens with two attached hydrogens (primary N) is 1. The van der Waals surface area contributed by atoms with Gasteiger partial charge in [0.2, 0.25) is 5.91 Å². The van der Waals surface area contributed by atoms with Crippen molar-refractivity contribution < 1.29 is 4.79 Å². The van der Waals surface area contributed by atoms with Gasteiger partial charge in [0.15, 0.2) is 0 Å². The Hall–Kier alpha value is -1.92. The molecule has 0 saturated heterocycles. The van der Waals surface area contributed by atoms with Crippen LogP contribution in [0.3, 0.4) is 0 Å². The Kier molecular flexibility index (Phi) is 3.90. The standard InChI is InChI=1S/C15H13N3OS2/c1-9(13(16)19)21-15-12-11(10-5-3-2-4-6-10)7-20-14(12)17-8-18-15/h2-9H,1H3,(H2,16,19). The molecule has 0 aliphatic carbocycles. The number of carbonyl (C=O) groups is 1. The average molecular weight is 315 g/mol. The number of rotatable bonds is 4. The zero-order valence-corrected chi connectivity index (χ0v) is 12.9. The summed E-state index contributed by atoms with van der Waals surface area (Å²) in [6, 6.07) is 10.1. The second kappa shape index (κ2) is 5.83. The summed E-state index contributed by atoms with van der Waals surface area (Å²) in [5.74, 6) is -0.344. The molecule has 1 amide bonds. The minimum Gasteiger partial charge on any atom is -0.369 e. The first kappa shape index (κ1) is 14.0. The lowest BCUT2D eigenvalue weighted by atomic mass is 10.1. The minimum absolute atomic E-state index is 0.327. The molecule has 4 nitrogen and oxygen atoms in total. The van der Waals surface area contributed by atoms with E-state index in [2.05, 4.69) is 27.5 Å². The number of hydrogen-bond donors (Lipinski definition) is 1. The summed E-state index contributed by atoms with van der Waals surface area (Å²) in [6.07, 6.45) is 1.53. The van der Waals surface area contributed by atoms with E-state index in [1.165, 1.54) is 18.1 Å². The molecule has 106 valence electrons. The quantitative estimate of drug-likeness (QED) is 0.592. The van der Waals surface area contributed by atoms with Crippen molar-refractivity contribution in [3.63, 3.8) is 0 Å². The fraction of sp³-hybridized carbons (Fsp3) is 0.133. The summed E-state index contributed by atoms with van der Waals surface area (Å²) < 4.78 is 0. The lowest BCUT2D eigenvalue weighted by molar-refractivity contribution is -0.117. The lowest BCUT2D eigenvalue weighted by Gasteiger charge is -2.08. The molecule has 0 aliphatic heterocycles. The van der Waals surface area contributed by atoms with Crippen molar-refractivity contribution in [2.75, 3.05) is 0 Å². The topological polar surface area (TPSA) is 68.9 Å². The van der Waals surface area contributed by atoms with Crippen LogP contribution in [0.15, 0.2) is 47.1 Å². The number of amides is 1. The number of carbonyl (C=O) groups excluding carboxylic acids is 1. The molecule has 2 N–H and O–H groups in total. The number of thiophene rings is 1. The van der Waals surface area contributed by atoms with E-state index in [1.807, 2.05) is 18.2 Å². The van der Waals surface area contributed by atoms with Crippen molar-refractivity contribution in [3.05, 3.63) is 42.0 Å². The highest BCUT2D eigenvalue weighted by Crippen LogP contribution is 2.38. The van der Waals surface area contributed by atoms with E-state index in [-0.39, 0.29) is 11.2 Å². The molecule has 0 spiro atoms. The molecule has 3 aromatic rings. The number of fused-ring (bicyclic) bond motifs is 1. The number of thioether (sulfide) groups is 1. The molecule has 3 rings (SSSR count). The van der Waals surface area contributed by atoms with Crippen LogP contribution in [-0.2, 0) is 4.79 Å². The first-order valence-corrected chi connectivity index (χ1v) is 8.16. The van der Waals surface area contributed by atoms with Gasteiger partial charge in [-0.1, -0.05) is 42.1 Å². The van der Waals surface area contributed by atoms with Gasteiger partial charge >= 0.3 is 0 Å². The van der Waals surface area contributed by atoms with Crippen LogP contribution >= 0.6 is 23.1 Å². The third-order valence-corrected chi connectivity index (χ3v) is 5.11. The molecule has 0 saturated carbocycles. The fourth-order valence-corrected chi connectivity index (χ4v) is 3.86. The molecule has 2 heterocycles. The molecule has 0 radical (unpaired) electrons. The van der Waals surface area contributed by atoms with Crippen molar-refractivity contribution >= 4 is 39.2 Å². The van der Waals surface area contributed by atoms with Gasteiger partial charge in [0.05, 0.1) is 10.6 Å². The third kappa shape index (κ3) is 2.77.